The molecule has 0 unspecified atom stereocenters. The van der Waals surface area contributed by atoms with Crippen LogP contribution < -0.4 is 10.0 Å². The molecule has 1 heterocycles. The van der Waals surface area contributed by atoms with Gasteiger partial charge in [-0.3, -0.25) is 4.79 Å². The zero-order chi connectivity index (χ0) is 27.0. The third kappa shape index (κ3) is 4.20. The lowest BCUT2D eigenvalue weighted by atomic mass is 9.82. The molecule has 1 aliphatic carbocycles. The number of esters is 1. The van der Waals surface area contributed by atoms with Crippen LogP contribution in [0.1, 0.15) is 54.1 Å². The van der Waals surface area contributed by atoms with E-state index in [1.54, 1.807) is 12.1 Å². The average molecular weight is 509 g/mol. The number of ketones is 1. The van der Waals surface area contributed by atoms with Crippen LogP contribution in [-0.2, 0) is 9.53 Å². The summed E-state index contributed by atoms with van der Waals surface area (Å²) in [5, 5.41) is 15.0. The Hall–Kier alpha value is -4.19. The highest BCUT2D eigenvalue weighted by atomic mass is 16.5. The van der Waals surface area contributed by atoms with E-state index in [9.17, 15) is 14.7 Å². The molecular formula is C32H32N2O4. The molecule has 5 rings (SSSR count). The van der Waals surface area contributed by atoms with E-state index < -0.39 is 0 Å². The average Bonchev–Trinajstić information content (AvgIpc) is 3.23. The first kappa shape index (κ1) is 25.5. The van der Waals surface area contributed by atoms with Gasteiger partial charge >= 0.3 is 5.97 Å². The van der Waals surface area contributed by atoms with Crippen LogP contribution in [-0.4, -0.2) is 49.8 Å². The monoisotopic (exact) mass is 508 g/mol. The predicted octanol–water partition coefficient (Wildman–Crippen LogP) is 5.00. The lowest BCUT2D eigenvalue weighted by Gasteiger charge is -2.30. The summed E-state index contributed by atoms with van der Waals surface area (Å²) in [4.78, 5) is 27.7. The number of hydrogen-bond acceptors (Lipinski definition) is 5. The van der Waals surface area contributed by atoms with E-state index in [4.69, 9.17) is 4.74 Å². The zero-order valence-electron chi connectivity index (χ0n) is 22.3. The molecule has 0 amide bonds. The Morgan fingerprint density at radius 1 is 1.03 bits per heavy atom. The van der Waals surface area contributed by atoms with Gasteiger partial charge in [0.05, 0.1) is 23.6 Å². The smallest absolute Gasteiger partial charge is 0.338 e. The third-order valence-electron chi connectivity index (χ3n) is 7.41. The molecule has 6 nitrogen and oxygen atoms in total. The number of nitrogens with zero attached hydrogens (tertiary/aromatic N) is 2. The van der Waals surface area contributed by atoms with Crippen LogP contribution in [0.2, 0.25) is 0 Å². The maximum Gasteiger partial charge on any atom is 0.338 e. The number of carbonyl (C=O) groups excluding carboxylic acids is 2. The van der Waals surface area contributed by atoms with Crippen molar-refractivity contribution in [2.24, 2.45) is 0 Å². The predicted molar refractivity (Wildman–Crippen MR) is 149 cm³/mol. The minimum absolute atomic E-state index is 0.197. The number of allylic oxidation sites excluding steroid dienone is 3. The number of hydrogen-bond donors (Lipinski definition) is 0. The van der Waals surface area contributed by atoms with Crippen molar-refractivity contribution in [1.29, 1.82) is 0 Å². The second-order valence-electron chi connectivity index (χ2n) is 9.98. The van der Waals surface area contributed by atoms with Crippen molar-refractivity contribution in [3.63, 3.8) is 0 Å². The van der Waals surface area contributed by atoms with Gasteiger partial charge in [0.2, 0.25) is 11.4 Å². The van der Waals surface area contributed by atoms with Crippen molar-refractivity contribution in [3.05, 3.63) is 88.7 Å². The Kier molecular flexibility index (Phi) is 6.89. The van der Waals surface area contributed by atoms with Crippen LogP contribution in [0.25, 0.3) is 16.3 Å². The summed E-state index contributed by atoms with van der Waals surface area (Å²) < 4.78 is 7.20. The minimum Gasteiger partial charge on any atom is -0.871 e. The Morgan fingerprint density at radius 3 is 2.45 bits per heavy atom. The Balaban J connectivity index is 1.60. The zero-order valence-corrected chi connectivity index (χ0v) is 22.3. The summed E-state index contributed by atoms with van der Waals surface area (Å²) in [5.41, 5.74) is 5.29. The molecule has 0 radical (unpaired) electrons. The summed E-state index contributed by atoms with van der Waals surface area (Å²) in [6.07, 6.45) is 6.10. The Labute approximate surface area is 223 Å². The topological polar surface area (TPSA) is 72.7 Å². The number of rotatable bonds is 9. The van der Waals surface area contributed by atoms with Gasteiger partial charge in [0.15, 0.2) is 5.78 Å². The molecule has 0 saturated heterocycles. The molecule has 3 aromatic rings. The first-order valence-electron chi connectivity index (χ1n) is 13.1. The van der Waals surface area contributed by atoms with E-state index in [-0.39, 0.29) is 28.7 Å². The summed E-state index contributed by atoms with van der Waals surface area (Å²) in [6.45, 7) is 2.93. The number of carbonyl (C=O) groups is 2. The molecule has 0 bridgehead atoms. The van der Waals surface area contributed by atoms with Gasteiger partial charge in [-0.05, 0) is 36.2 Å². The molecule has 0 fully saturated rings. The number of anilines is 1. The largest absolute Gasteiger partial charge is 0.871 e. The van der Waals surface area contributed by atoms with E-state index in [2.05, 4.69) is 11.5 Å². The van der Waals surface area contributed by atoms with E-state index in [0.29, 0.717) is 11.1 Å². The fraction of sp³-hybridized carbons (Fsp3) is 0.281. The lowest BCUT2D eigenvalue weighted by Crippen LogP contribution is -2.30. The lowest BCUT2D eigenvalue weighted by molar-refractivity contribution is -0.436. The van der Waals surface area contributed by atoms with E-state index in [1.165, 1.54) is 7.11 Å². The first-order valence-corrected chi connectivity index (χ1v) is 13.1. The number of unbranched alkanes of at least 4 members (excludes halogenated alkanes) is 3. The third-order valence-corrected chi connectivity index (χ3v) is 7.41. The second kappa shape index (κ2) is 10.3. The standard InChI is InChI=1S/C32H32N2O4/c1-5-6-7-8-18-34-26-11-9-10-22-23(32(37)38-4)16-17-24(29(22)26)27(34)19-25-30(35)28(31(25)36)20-12-14-21(15-13-20)33(2)3/h9-17,19H,5-8,18H2,1-4H3. The highest BCUT2D eigenvalue weighted by Crippen LogP contribution is 2.40. The van der Waals surface area contributed by atoms with Crippen molar-refractivity contribution in [2.75, 3.05) is 32.6 Å². The molecule has 0 atom stereocenters. The van der Waals surface area contributed by atoms with Gasteiger partial charge in [0.25, 0.3) is 0 Å². The van der Waals surface area contributed by atoms with Crippen molar-refractivity contribution >= 4 is 45.2 Å². The van der Waals surface area contributed by atoms with Crippen molar-refractivity contribution in [2.45, 2.75) is 32.6 Å². The highest BCUT2D eigenvalue weighted by Gasteiger charge is 2.35. The van der Waals surface area contributed by atoms with Gasteiger partial charge < -0.3 is 14.7 Å². The van der Waals surface area contributed by atoms with Crippen LogP contribution in [0.3, 0.4) is 0 Å². The van der Waals surface area contributed by atoms with Gasteiger partial charge in [-0.25, -0.2) is 4.79 Å². The maximum atomic E-state index is 13.3. The Bertz CT molecular complexity index is 1540. The molecule has 38 heavy (non-hydrogen) atoms. The quantitative estimate of drug-likeness (QED) is 0.176. The molecule has 0 saturated carbocycles. The number of methoxy groups -OCH3 is 1. The van der Waals surface area contributed by atoms with Crippen molar-refractivity contribution in [3.8, 4) is 0 Å². The van der Waals surface area contributed by atoms with Gasteiger partial charge in [-0.2, -0.15) is 4.58 Å². The van der Waals surface area contributed by atoms with Gasteiger partial charge in [-0.1, -0.05) is 49.8 Å². The summed E-state index contributed by atoms with van der Waals surface area (Å²) >= 11 is 0. The van der Waals surface area contributed by atoms with Crippen LogP contribution in [0, 0.1) is 0 Å². The summed E-state index contributed by atoms with van der Waals surface area (Å²) in [6, 6.07) is 17.0. The fourth-order valence-electron chi connectivity index (χ4n) is 5.35. The van der Waals surface area contributed by atoms with Gasteiger partial charge in [-0.15, -0.1) is 0 Å². The molecule has 0 spiro atoms. The van der Waals surface area contributed by atoms with Crippen molar-refractivity contribution in [1.82, 2.24) is 0 Å². The van der Waals surface area contributed by atoms with Crippen LogP contribution in [0.5, 0.6) is 0 Å². The normalized spacial score (nSPS) is 15.5. The molecule has 0 aromatic heterocycles. The summed E-state index contributed by atoms with van der Waals surface area (Å²) in [7, 11) is 5.27. The Morgan fingerprint density at radius 2 is 1.79 bits per heavy atom. The van der Waals surface area contributed by atoms with Crippen LogP contribution in [0.15, 0.2) is 72.0 Å². The molecular weight excluding hydrogens is 476 g/mol. The van der Waals surface area contributed by atoms with Gasteiger partial charge in [0.1, 0.15) is 6.54 Å². The fourth-order valence-corrected chi connectivity index (χ4v) is 5.35. The molecule has 2 aliphatic rings. The van der Waals surface area contributed by atoms with E-state index in [0.717, 1.165) is 65.7 Å². The number of Topliss-reactive ketones (excluding diaryl/α,β-unsaturated/α-hetero) is 1. The highest BCUT2D eigenvalue weighted by molar-refractivity contribution is 6.40. The molecule has 3 aromatic carbocycles. The second-order valence-corrected chi connectivity index (χ2v) is 9.98. The van der Waals surface area contributed by atoms with Crippen LogP contribution >= 0.6 is 0 Å². The van der Waals surface area contributed by atoms with Crippen LogP contribution in [0.4, 0.5) is 11.4 Å². The van der Waals surface area contributed by atoms with E-state index in [1.807, 2.05) is 67.5 Å². The first-order chi connectivity index (χ1) is 18.4. The van der Waals surface area contributed by atoms with E-state index >= 15 is 0 Å². The SMILES string of the molecule is CCCCCC[N+]1=C(C=C2C(=O)C(c3ccc(N(C)C)cc3)=C2[O-])c2ccc(C(=O)OC)c3cccc1c23. The summed E-state index contributed by atoms with van der Waals surface area (Å²) in [5.74, 6) is -0.854. The minimum atomic E-state index is -0.390. The van der Waals surface area contributed by atoms with Crippen molar-refractivity contribution < 1.29 is 24.0 Å². The number of ether oxygens (including phenoxy) is 1. The molecule has 0 N–H and O–H groups in total. The maximum absolute atomic E-state index is 13.3. The van der Waals surface area contributed by atoms with Gasteiger partial charge in [0, 0.05) is 54.9 Å². The molecule has 6 heteroatoms. The molecule has 194 valence electrons. The molecule has 1 aliphatic heterocycles. The number of benzene rings is 3.